The van der Waals surface area contributed by atoms with Crippen molar-refractivity contribution >= 4 is 13.7 Å². The maximum atomic E-state index is 12.1. The number of hydrogen-bond donors (Lipinski definition) is 5. The number of ether oxygens (including phenoxy) is 1. The molecule has 1 aliphatic rings. The second-order valence-electron chi connectivity index (χ2n) is 5.75. The van der Waals surface area contributed by atoms with Crippen molar-refractivity contribution < 1.29 is 33.7 Å². The molecule has 3 rings (SSSR count). The molecule has 1 unspecified atom stereocenters. The van der Waals surface area contributed by atoms with Gasteiger partial charge in [0.15, 0.2) is 6.23 Å². The Morgan fingerprint density at radius 1 is 1.33 bits per heavy atom. The third kappa shape index (κ3) is 4.50. The summed E-state index contributed by atoms with van der Waals surface area (Å²) in [7, 11) is -4.23. The molecule has 1 aromatic heterocycles. The maximum Gasteiger partial charge on any atom is 0.456 e. The average molecular weight is 399 g/mol. The van der Waals surface area contributed by atoms with E-state index in [-0.39, 0.29) is 18.1 Å². The van der Waals surface area contributed by atoms with Gasteiger partial charge in [0.2, 0.25) is 5.82 Å². The zero-order chi connectivity index (χ0) is 19.6. The fraction of sp³-hybridized carbons (Fsp3) is 0.357. The summed E-state index contributed by atoms with van der Waals surface area (Å²) in [6.07, 6.45) is -3.88. The molecule has 2 aromatic rings. The van der Waals surface area contributed by atoms with Crippen molar-refractivity contribution in [3.63, 3.8) is 0 Å². The quantitative estimate of drug-likeness (QED) is 0.353. The number of para-hydroxylation sites is 1. The van der Waals surface area contributed by atoms with E-state index in [1.165, 1.54) is 12.1 Å². The zero-order valence-corrected chi connectivity index (χ0v) is 14.7. The van der Waals surface area contributed by atoms with Crippen LogP contribution >= 0.6 is 7.75 Å². The largest absolute Gasteiger partial charge is 0.456 e. The van der Waals surface area contributed by atoms with Gasteiger partial charge in [0.1, 0.15) is 30.4 Å². The van der Waals surface area contributed by atoms with E-state index < -0.39 is 38.2 Å². The molecular formula is C14H18N5O7P. The minimum atomic E-state index is -4.23. The number of primary amides is 1. The van der Waals surface area contributed by atoms with E-state index in [2.05, 4.69) is 15.2 Å². The highest BCUT2D eigenvalue weighted by atomic mass is 31.2. The highest BCUT2D eigenvalue weighted by Crippen LogP contribution is 2.39. The van der Waals surface area contributed by atoms with E-state index in [0.29, 0.717) is 0 Å². The van der Waals surface area contributed by atoms with E-state index in [4.69, 9.17) is 15.0 Å². The van der Waals surface area contributed by atoms with E-state index in [9.17, 15) is 24.5 Å². The van der Waals surface area contributed by atoms with Gasteiger partial charge in [-0.15, -0.1) is 5.10 Å². The first-order valence-electron chi connectivity index (χ1n) is 7.82. The van der Waals surface area contributed by atoms with Gasteiger partial charge in [-0.2, -0.15) is 0 Å². The van der Waals surface area contributed by atoms with Gasteiger partial charge in [0, 0.05) is 6.54 Å². The summed E-state index contributed by atoms with van der Waals surface area (Å²) >= 11 is 0. The molecule has 1 fully saturated rings. The van der Waals surface area contributed by atoms with E-state index >= 15 is 0 Å². The van der Waals surface area contributed by atoms with E-state index in [1.807, 2.05) is 0 Å². The number of nitrogens with two attached hydrogens (primary N) is 1. The summed E-state index contributed by atoms with van der Waals surface area (Å²) < 4.78 is 23.6. The van der Waals surface area contributed by atoms with Crippen LogP contribution in [0.2, 0.25) is 0 Å². The van der Waals surface area contributed by atoms with Gasteiger partial charge in [-0.3, -0.25) is 4.79 Å². The van der Waals surface area contributed by atoms with Gasteiger partial charge in [0.25, 0.3) is 5.91 Å². The molecule has 0 saturated carbocycles. The van der Waals surface area contributed by atoms with Crippen molar-refractivity contribution in [2.24, 2.45) is 5.73 Å². The molecule has 6 N–H and O–H groups in total. The van der Waals surface area contributed by atoms with Gasteiger partial charge in [-0.05, 0) is 12.1 Å². The van der Waals surface area contributed by atoms with Crippen LogP contribution in [0.4, 0.5) is 0 Å². The molecule has 1 aromatic carbocycles. The van der Waals surface area contributed by atoms with Gasteiger partial charge < -0.3 is 30.1 Å². The first-order valence-corrected chi connectivity index (χ1v) is 9.40. The van der Waals surface area contributed by atoms with Gasteiger partial charge in [-0.1, -0.05) is 18.2 Å². The fourth-order valence-electron chi connectivity index (χ4n) is 2.49. The molecule has 0 spiro atoms. The van der Waals surface area contributed by atoms with E-state index in [0.717, 1.165) is 11.0 Å². The zero-order valence-electron chi connectivity index (χ0n) is 13.8. The number of nitrogens with one attached hydrogen (secondary N) is 1. The van der Waals surface area contributed by atoms with Crippen LogP contribution in [0.5, 0.6) is 5.75 Å². The number of carbonyl (C=O) groups is 1. The van der Waals surface area contributed by atoms with Crippen LogP contribution in [0.1, 0.15) is 16.8 Å². The van der Waals surface area contributed by atoms with Crippen molar-refractivity contribution in [3.8, 4) is 5.75 Å². The molecule has 1 amide bonds. The summed E-state index contributed by atoms with van der Waals surface area (Å²) in [6.45, 7) is -0.299. The highest BCUT2D eigenvalue weighted by molar-refractivity contribution is 7.51. The second kappa shape index (κ2) is 7.72. The molecule has 0 bridgehead atoms. The van der Waals surface area contributed by atoms with Crippen LogP contribution in [0.25, 0.3) is 0 Å². The monoisotopic (exact) mass is 399 g/mol. The minimum absolute atomic E-state index is 0.184. The second-order valence-corrected chi connectivity index (χ2v) is 7.29. The molecule has 5 atom stereocenters. The maximum absolute atomic E-state index is 12.1. The smallest absolute Gasteiger partial charge is 0.413 e. The third-order valence-corrected chi connectivity index (χ3v) is 4.83. The first-order chi connectivity index (χ1) is 12.8. The third-order valence-electron chi connectivity index (χ3n) is 3.79. The Morgan fingerprint density at radius 2 is 2.04 bits per heavy atom. The van der Waals surface area contributed by atoms with Crippen molar-refractivity contribution in [3.05, 3.63) is 42.5 Å². The summed E-state index contributed by atoms with van der Waals surface area (Å²) in [4.78, 5) is 24.6. The molecule has 0 aliphatic carbocycles. The van der Waals surface area contributed by atoms with Crippen molar-refractivity contribution in [1.82, 2.24) is 19.9 Å². The van der Waals surface area contributed by atoms with Crippen molar-refractivity contribution in [2.75, 3.05) is 6.54 Å². The number of aliphatic hydroxyl groups is 2. The highest BCUT2D eigenvalue weighted by Gasteiger charge is 2.45. The molecular weight excluding hydrogens is 381 g/mol. The van der Waals surface area contributed by atoms with Crippen LogP contribution in [0.15, 0.2) is 36.7 Å². The van der Waals surface area contributed by atoms with Gasteiger partial charge in [0.05, 0.1) is 0 Å². The molecule has 1 aliphatic heterocycles. The Balaban J connectivity index is 1.62. The van der Waals surface area contributed by atoms with Crippen LogP contribution in [-0.4, -0.2) is 60.6 Å². The number of aliphatic hydroxyl groups excluding tert-OH is 2. The van der Waals surface area contributed by atoms with Crippen molar-refractivity contribution in [1.29, 1.82) is 0 Å². The lowest BCUT2D eigenvalue weighted by molar-refractivity contribution is -0.0430. The average Bonchev–Trinajstić information content (AvgIpc) is 3.21. The van der Waals surface area contributed by atoms with Crippen LogP contribution in [0, 0.1) is 0 Å². The SMILES string of the molecule is NC(=O)c1ncn([C@@H]2O[C@H](CNP(=O)(O)Oc3ccccc3)[C@@H](O)[C@H]2O)n1. The van der Waals surface area contributed by atoms with E-state index in [1.54, 1.807) is 18.2 Å². The Labute approximate surface area is 153 Å². The molecule has 27 heavy (non-hydrogen) atoms. The van der Waals surface area contributed by atoms with Gasteiger partial charge in [-0.25, -0.2) is 19.3 Å². The number of nitrogens with zero attached hydrogens (tertiary/aromatic N) is 3. The first kappa shape index (κ1) is 19.4. The standard InChI is InChI=1S/C14H18N5O7P/c15-12(22)13-16-7-19(18-13)14-11(21)10(20)9(25-14)6-17-27(23,24)26-8-4-2-1-3-5-8/h1-5,7,9-11,14,20-21H,6H2,(H2,15,22)(H2,17,23,24)/t9-,10-,11-,14-/m1/s1. The normalized spacial score (nSPS) is 27.2. The number of rotatable bonds is 7. The number of benzene rings is 1. The minimum Gasteiger partial charge on any atom is -0.413 e. The van der Waals surface area contributed by atoms with Crippen LogP contribution < -0.4 is 15.3 Å². The molecule has 146 valence electrons. The number of amides is 1. The molecule has 0 radical (unpaired) electrons. The summed E-state index contributed by atoms with van der Waals surface area (Å²) in [5, 5.41) is 26.3. The number of carbonyl (C=O) groups excluding carboxylic acids is 1. The Morgan fingerprint density at radius 3 is 2.67 bits per heavy atom. The molecule has 12 nitrogen and oxygen atoms in total. The molecule has 13 heteroatoms. The van der Waals surface area contributed by atoms with Gasteiger partial charge >= 0.3 is 7.75 Å². The summed E-state index contributed by atoms with van der Waals surface area (Å²) in [5.74, 6) is -0.958. The predicted octanol–water partition coefficient (Wildman–Crippen LogP) is -1.23. The lowest BCUT2D eigenvalue weighted by Gasteiger charge is -2.18. The summed E-state index contributed by atoms with van der Waals surface area (Å²) in [5.41, 5.74) is 5.06. The lowest BCUT2D eigenvalue weighted by Crippen LogP contribution is -2.37. The lowest BCUT2D eigenvalue weighted by atomic mass is 10.1. The fourth-order valence-corrected chi connectivity index (χ4v) is 3.37. The number of hydrogen-bond acceptors (Lipinski definition) is 8. The molecule has 2 heterocycles. The van der Waals surface area contributed by atoms with Crippen LogP contribution in [-0.2, 0) is 9.30 Å². The Hall–Kier alpha value is -2.34. The molecule has 1 saturated heterocycles. The Bertz CT molecular complexity index is 847. The summed E-state index contributed by atoms with van der Waals surface area (Å²) in [6, 6.07) is 8.01. The predicted molar refractivity (Wildman–Crippen MR) is 89.4 cm³/mol. The van der Waals surface area contributed by atoms with Crippen molar-refractivity contribution in [2.45, 2.75) is 24.5 Å². The van der Waals surface area contributed by atoms with Crippen LogP contribution in [0.3, 0.4) is 0 Å². The number of aromatic nitrogens is 3. The topological polar surface area (TPSA) is 182 Å². The Kier molecular flexibility index (Phi) is 5.56.